The number of benzene rings is 2. The largest absolute Gasteiger partial charge is 0.352 e. The van der Waals surface area contributed by atoms with Crippen LogP contribution in [0.5, 0.6) is 0 Å². The first-order chi connectivity index (χ1) is 15.4. The minimum atomic E-state index is -3.73. The van der Waals surface area contributed by atoms with Gasteiger partial charge in [-0.05, 0) is 62.6 Å². The standard InChI is InChI=1S/C24H32BrN3O4S/c1-6-18(3)26-24(30)19(4)27(15-20-10-8-11-21(25)14-20)23(29)16-28(33(5,31)32)22-12-7-9-17(2)13-22/h7-14,18-19H,6,15-16H2,1-5H3,(H,26,30)/t18-,19+/m0/s1. The van der Waals surface area contributed by atoms with Crippen molar-refractivity contribution >= 4 is 43.5 Å². The van der Waals surface area contributed by atoms with Gasteiger partial charge in [0.25, 0.3) is 0 Å². The van der Waals surface area contributed by atoms with Crippen LogP contribution >= 0.6 is 15.9 Å². The second-order valence-electron chi connectivity index (χ2n) is 8.25. The van der Waals surface area contributed by atoms with E-state index < -0.39 is 28.5 Å². The lowest BCUT2D eigenvalue weighted by atomic mass is 10.1. The normalized spacial score (nSPS) is 13.2. The minimum absolute atomic E-state index is 0.0393. The van der Waals surface area contributed by atoms with Gasteiger partial charge >= 0.3 is 0 Å². The summed E-state index contributed by atoms with van der Waals surface area (Å²) >= 11 is 3.43. The molecule has 0 saturated carbocycles. The number of carbonyl (C=O) groups excluding carboxylic acids is 2. The second-order valence-corrected chi connectivity index (χ2v) is 11.1. The van der Waals surface area contributed by atoms with Crippen LogP contribution in [0.3, 0.4) is 0 Å². The average molecular weight is 539 g/mol. The van der Waals surface area contributed by atoms with E-state index >= 15 is 0 Å². The zero-order valence-corrected chi connectivity index (χ0v) is 22.1. The molecule has 0 aliphatic rings. The van der Waals surface area contributed by atoms with Gasteiger partial charge in [0, 0.05) is 17.1 Å². The summed E-state index contributed by atoms with van der Waals surface area (Å²) in [6, 6.07) is 13.6. The van der Waals surface area contributed by atoms with Crippen LogP contribution in [0.4, 0.5) is 5.69 Å². The van der Waals surface area contributed by atoms with Crippen molar-refractivity contribution < 1.29 is 18.0 Å². The Labute approximate surface area is 205 Å². The van der Waals surface area contributed by atoms with E-state index in [0.29, 0.717) is 5.69 Å². The van der Waals surface area contributed by atoms with Crippen molar-refractivity contribution in [2.24, 2.45) is 0 Å². The highest BCUT2D eigenvalue weighted by atomic mass is 79.9. The third-order valence-corrected chi connectivity index (χ3v) is 7.01. The zero-order valence-electron chi connectivity index (χ0n) is 19.7. The van der Waals surface area contributed by atoms with Crippen LogP contribution in [0.25, 0.3) is 0 Å². The van der Waals surface area contributed by atoms with E-state index in [9.17, 15) is 18.0 Å². The first-order valence-corrected chi connectivity index (χ1v) is 13.4. The summed E-state index contributed by atoms with van der Waals surface area (Å²) in [4.78, 5) is 27.8. The number of sulfonamides is 1. The van der Waals surface area contributed by atoms with E-state index in [0.717, 1.165) is 32.6 Å². The molecular formula is C24H32BrN3O4S. The molecule has 0 aliphatic heterocycles. The molecule has 180 valence electrons. The summed E-state index contributed by atoms with van der Waals surface area (Å²) in [6.45, 7) is 7.13. The number of anilines is 1. The maximum Gasteiger partial charge on any atom is 0.244 e. The van der Waals surface area contributed by atoms with Gasteiger partial charge in [-0.2, -0.15) is 0 Å². The van der Waals surface area contributed by atoms with Gasteiger partial charge in [-0.1, -0.05) is 47.1 Å². The van der Waals surface area contributed by atoms with Crippen molar-refractivity contribution in [3.8, 4) is 0 Å². The molecule has 0 bridgehead atoms. The molecule has 0 saturated heterocycles. The number of halogens is 1. The number of amides is 2. The predicted molar refractivity (Wildman–Crippen MR) is 135 cm³/mol. The van der Waals surface area contributed by atoms with E-state index in [4.69, 9.17) is 0 Å². The maximum absolute atomic E-state index is 13.5. The molecule has 33 heavy (non-hydrogen) atoms. The zero-order chi connectivity index (χ0) is 24.8. The van der Waals surface area contributed by atoms with E-state index in [1.54, 1.807) is 25.1 Å². The molecule has 9 heteroatoms. The molecule has 0 aromatic heterocycles. The smallest absolute Gasteiger partial charge is 0.244 e. The van der Waals surface area contributed by atoms with Gasteiger partial charge in [0.2, 0.25) is 21.8 Å². The molecule has 1 N–H and O–H groups in total. The van der Waals surface area contributed by atoms with Crippen LogP contribution in [0.15, 0.2) is 53.0 Å². The number of rotatable bonds is 10. The Hall–Kier alpha value is -2.39. The van der Waals surface area contributed by atoms with E-state index in [2.05, 4.69) is 21.2 Å². The summed E-state index contributed by atoms with van der Waals surface area (Å²) in [6.07, 6.45) is 1.83. The summed E-state index contributed by atoms with van der Waals surface area (Å²) in [5.41, 5.74) is 2.10. The fraction of sp³-hybridized carbons (Fsp3) is 0.417. The molecule has 0 unspecified atom stereocenters. The van der Waals surface area contributed by atoms with Crippen LogP contribution in [-0.4, -0.2) is 50.0 Å². The average Bonchev–Trinajstić information content (AvgIpc) is 2.74. The summed E-state index contributed by atoms with van der Waals surface area (Å²) < 4.78 is 27.1. The van der Waals surface area contributed by atoms with Gasteiger partial charge in [-0.15, -0.1) is 0 Å². The number of hydrogen-bond acceptors (Lipinski definition) is 4. The molecule has 2 aromatic rings. The SMILES string of the molecule is CC[C@H](C)NC(=O)[C@@H](C)N(Cc1cccc(Br)c1)C(=O)CN(c1cccc(C)c1)S(C)(=O)=O. The molecule has 2 aromatic carbocycles. The number of aryl methyl sites for hydroxylation is 1. The summed E-state index contributed by atoms with van der Waals surface area (Å²) in [5, 5.41) is 2.91. The van der Waals surface area contributed by atoms with Gasteiger partial charge in [0.15, 0.2) is 0 Å². The molecular weight excluding hydrogens is 506 g/mol. The van der Waals surface area contributed by atoms with Crippen LogP contribution < -0.4 is 9.62 Å². The Morgan fingerprint density at radius 2 is 1.76 bits per heavy atom. The van der Waals surface area contributed by atoms with Crippen molar-refractivity contribution in [2.75, 3.05) is 17.1 Å². The highest BCUT2D eigenvalue weighted by Gasteiger charge is 2.30. The van der Waals surface area contributed by atoms with Gasteiger partial charge in [-0.25, -0.2) is 8.42 Å². The highest BCUT2D eigenvalue weighted by molar-refractivity contribution is 9.10. The maximum atomic E-state index is 13.5. The van der Waals surface area contributed by atoms with Gasteiger partial charge in [-0.3, -0.25) is 13.9 Å². The van der Waals surface area contributed by atoms with Crippen molar-refractivity contribution in [2.45, 2.75) is 52.7 Å². The Morgan fingerprint density at radius 1 is 1.09 bits per heavy atom. The lowest BCUT2D eigenvalue weighted by Gasteiger charge is -2.32. The first kappa shape index (κ1) is 26.9. The van der Waals surface area contributed by atoms with Crippen molar-refractivity contribution in [3.05, 3.63) is 64.1 Å². The van der Waals surface area contributed by atoms with Crippen molar-refractivity contribution in [1.82, 2.24) is 10.2 Å². The lowest BCUT2D eigenvalue weighted by Crippen LogP contribution is -2.52. The fourth-order valence-corrected chi connectivity index (χ4v) is 4.57. The van der Waals surface area contributed by atoms with E-state index in [1.165, 1.54) is 4.90 Å². The van der Waals surface area contributed by atoms with Crippen LogP contribution in [0.2, 0.25) is 0 Å². The van der Waals surface area contributed by atoms with Gasteiger partial charge < -0.3 is 10.2 Å². The van der Waals surface area contributed by atoms with Crippen molar-refractivity contribution in [1.29, 1.82) is 0 Å². The minimum Gasteiger partial charge on any atom is -0.352 e. The highest BCUT2D eigenvalue weighted by Crippen LogP contribution is 2.21. The topological polar surface area (TPSA) is 86.8 Å². The fourth-order valence-electron chi connectivity index (χ4n) is 3.28. The summed E-state index contributed by atoms with van der Waals surface area (Å²) in [7, 11) is -3.73. The third kappa shape index (κ3) is 7.85. The number of nitrogens with zero attached hydrogens (tertiary/aromatic N) is 2. The Morgan fingerprint density at radius 3 is 2.33 bits per heavy atom. The number of carbonyl (C=O) groups is 2. The van der Waals surface area contributed by atoms with Crippen molar-refractivity contribution in [3.63, 3.8) is 0 Å². The quantitative estimate of drug-likeness (QED) is 0.498. The molecule has 7 nitrogen and oxygen atoms in total. The lowest BCUT2D eigenvalue weighted by molar-refractivity contribution is -0.139. The van der Waals surface area contributed by atoms with Crippen LogP contribution in [0, 0.1) is 6.92 Å². The molecule has 0 aliphatic carbocycles. The second kappa shape index (κ2) is 11.7. The van der Waals surface area contributed by atoms with Crippen LogP contribution in [-0.2, 0) is 26.2 Å². The number of nitrogens with one attached hydrogen (secondary N) is 1. The van der Waals surface area contributed by atoms with E-state index in [-0.39, 0.29) is 18.5 Å². The molecule has 2 amide bonds. The predicted octanol–water partition coefficient (Wildman–Crippen LogP) is 3.86. The summed E-state index contributed by atoms with van der Waals surface area (Å²) in [5.74, 6) is -0.747. The van der Waals surface area contributed by atoms with Gasteiger partial charge in [0.1, 0.15) is 12.6 Å². The number of hydrogen-bond donors (Lipinski definition) is 1. The Bertz CT molecular complexity index is 1090. The van der Waals surface area contributed by atoms with Gasteiger partial charge in [0.05, 0.1) is 11.9 Å². The van der Waals surface area contributed by atoms with E-state index in [1.807, 2.05) is 51.1 Å². The van der Waals surface area contributed by atoms with Crippen LogP contribution in [0.1, 0.15) is 38.3 Å². The molecule has 0 fully saturated rings. The Balaban J connectivity index is 2.38. The Kier molecular flexibility index (Phi) is 9.48. The third-order valence-electron chi connectivity index (χ3n) is 5.38. The molecule has 2 atom stereocenters. The molecule has 0 spiro atoms. The molecule has 2 rings (SSSR count). The molecule has 0 heterocycles. The monoisotopic (exact) mass is 537 g/mol. The molecule has 0 radical (unpaired) electrons. The first-order valence-electron chi connectivity index (χ1n) is 10.8.